The number of rotatable bonds is 9. The van der Waals surface area contributed by atoms with Gasteiger partial charge in [0.25, 0.3) is 11.8 Å². The molecule has 4 N–H and O–H groups in total. The summed E-state index contributed by atoms with van der Waals surface area (Å²) in [5, 5.41) is 32.3. The summed E-state index contributed by atoms with van der Waals surface area (Å²) in [6, 6.07) is 16.7. The molecule has 2 aliphatic heterocycles. The molecule has 3 aliphatic rings. The van der Waals surface area contributed by atoms with Crippen LogP contribution in [0.3, 0.4) is 0 Å². The lowest BCUT2D eigenvalue weighted by Crippen LogP contribution is -2.80. The van der Waals surface area contributed by atoms with Crippen LogP contribution < -0.4 is 10.6 Å². The van der Waals surface area contributed by atoms with E-state index >= 15 is 0 Å². The van der Waals surface area contributed by atoms with Crippen LogP contribution in [0.15, 0.2) is 65.8 Å². The Labute approximate surface area is 241 Å². The number of esters is 1. The molecule has 212 valence electrons. The van der Waals surface area contributed by atoms with Crippen LogP contribution in [0.2, 0.25) is 0 Å². The second kappa shape index (κ2) is 11.8. The first-order chi connectivity index (χ1) is 19.4. The first-order valence-corrected chi connectivity index (χ1v) is 15.5. The number of ether oxygens (including phenoxy) is 1. The minimum atomic E-state index is -1.66. The lowest BCUT2D eigenvalue weighted by molar-refractivity contribution is -0.143. The van der Waals surface area contributed by atoms with Crippen LogP contribution in [-0.4, -0.2) is 79.6 Å². The Kier molecular flexibility index (Phi) is 8.44. The zero-order valence-corrected chi connectivity index (χ0v) is 23.7. The Morgan fingerprint density at radius 2 is 1.68 bits per heavy atom. The molecular formula is C29H33N3O6S2. The molecule has 5 rings (SSSR count). The predicted molar refractivity (Wildman–Crippen MR) is 155 cm³/mol. The van der Waals surface area contributed by atoms with Crippen LogP contribution in [0.1, 0.15) is 46.9 Å². The third-order valence-corrected chi connectivity index (χ3v) is 11.2. The number of thioether (sulfide) groups is 2. The Bertz CT molecular complexity index is 1280. The summed E-state index contributed by atoms with van der Waals surface area (Å²) in [5.74, 6) is -0.494. The largest absolute Gasteiger partial charge is 0.466 e. The molecule has 2 heterocycles. The summed E-state index contributed by atoms with van der Waals surface area (Å²) in [7, 11) is 0. The highest BCUT2D eigenvalue weighted by Gasteiger charge is 2.75. The number of benzene rings is 2. The van der Waals surface area contributed by atoms with Crippen LogP contribution >= 0.6 is 23.5 Å². The van der Waals surface area contributed by atoms with Crippen molar-refractivity contribution in [2.75, 3.05) is 18.1 Å². The standard InChI is InChI=1S/C29H33N3O6S2/c1-2-38-22(33)15-9-14-20-23-24(32-37)28(17-40-23,31-27(35)19-12-7-4-8-13-19)29(36)21(16-39-25(20)29)30-26(34)18-10-5-3-6-11-18/h3-8,10-13,20-21,23,25,36-37H,2,9,14-17H2,1H3,(H,30,34)(H,31,35)/b32-24-/t20-,21-,23-,25+,28-,29+/m0/s1. The van der Waals surface area contributed by atoms with Crippen molar-refractivity contribution >= 4 is 47.0 Å². The second-order valence-corrected chi connectivity index (χ2v) is 12.6. The summed E-state index contributed by atoms with van der Waals surface area (Å²) in [6.45, 7) is 2.08. The smallest absolute Gasteiger partial charge is 0.305 e. The Hall–Kier alpha value is -3.02. The van der Waals surface area contributed by atoms with Gasteiger partial charge in [0.15, 0.2) is 0 Å². The van der Waals surface area contributed by atoms with E-state index in [0.717, 1.165) is 0 Å². The van der Waals surface area contributed by atoms with Gasteiger partial charge in [-0.1, -0.05) is 41.6 Å². The summed E-state index contributed by atoms with van der Waals surface area (Å²) in [6.07, 6.45) is 1.36. The van der Waals surface area contributed by atoms with E-state index in [1.54, 1.807) is 67.2 Å². The van der Waals surface area contributed by atoms with Gasteiger partial charge in [-0.2, -0.15) is 11.8 Å². The van der Waals surface area contributed by atoms with Crippen LogP contribution in [0.5, 0.6) is 0 Å². The molecular weight excluding hydrogens is 550 g/mol. The summed E-state index contributed by atoms with van der Waals surface area (Å²) < 4.78 is 5.09. The molecule has 6 atom stereocenters. The van der Waals surface area contributed by atoms with Gasteiger partial charge in [-0.25, -0.2) is 0 Å². The van der Waals surface area contributed by atoms with E-state index in [1.165, 1.54) is 11.8 Å². The molecule has 2 saturated heterocycles. The normalized spacial score (nSPS) is 31.4. The summed E-state index contributed by atoms with van der Waals surface area (Å²) in [5.41, 5.74) is -1.91. The zero-order chi connectivity index (χ0) is 28.3. The van der Waals surface area contributed by atoms with Crippen molar-refractivity contribution in [2.24, 2.45) is 11.1 Å². The molecule has 2 aromatic rings. The van der Waals surface area contributed by atoms with Gasteiger partial charge in [-0.3, -0.25) is 14.4 Å². The predicted octanol–water partition coefficient (Wildman–Crippen LogP) is 3.11. The number of nitrogens with one attached hydrogen (secondary N) is 2. The SMILES string of the molecule is CCOC(=O)CCC[C@H]1[C@@H]2SC[C@](NC(=O)c3ccccc3)(/C2=N\O)[C@@]2(O)[C@@H](NC(=O)c3ccccc3)CS[C@H]12. The summed E-state index contributed by atoms with van der Waals surface area (Å²) >= 11 is 3.07. The van der Waals surface area contributed by atoms with Crippen molar-refractivity contribution in [3.63, 3.8) is 0 Å². The van der Waals surface area contributed by atoms with E-state index < -0.39 is 28.3 Å². The fraction of sp³-hybridized carbons (Fsp3) is 0.448. The number of nitrogens with zero attached hydrogens (tertiary/aromatic N) is 1. The van der Waals surface area contributed by atoms with Crippen molar-refractivity contribution in [1.82, 2.24) is 10.6 Å². The van der Waals surface area contributed by atoms with Crippen molar-refractivity contribution in [1.29, 1.82) is 0 Å². The highest BCUT2D eigenvalue weighted by atomic mass is 32.2. The minimum absolute atomic E-state index is 0.164. The fourth-order valence-corrected chi connectivity index (χ4v) is 10.1. The number of carbonyl (C=O) groups is 3. The van der Waals surface area contributed by atoms with Gasteiger partial charge in [-0.15, -0.1) is 11.8 Å². The highest BCUT2D eigenvalue weighted by molar-refractivity contribution is 8.02. The second-order valence-electron chi connectivity index (χ2n) is 10.3. The van der Waals surface area contributed by atoms with Crippen molar-refractivity contribution in [3.05, 3.63) is 71.8 Å². The Balaban J connectivity index is 1.50. The van der Waals surface area contributed by atoms with Gasteiger partial charge in [0.2, 0.25) is 0 Å². The van der Waals surface area contributed by atoms with E-state index in [2.05, 4.69) is 15.8 Å². The molecule has 0 radical (unpaired) electrons. The molecule has 11 heteroatoms. The molecule has 0 aromatic heterocycles. The van der Waals surface area contributed by atoms with Gasteiger partial charge in [-0.05, 0) is 49.9 Å². The number of hydrogen-bond acceptors (Lipinski definition) is 9. The molecule has 2 amide bonds. The molecule has 1 aliphatic carbocycles. The zero-order valence-electron chi connectivity index (χ0n) is 22.1. The Morgan fingerprint density at radius 1 is 1.02 bits per heavy atom. The number of aliphatic hydroxyl groups is 1. The van der Waals surface area contributed by atoms with Gasteiger partial charge in [0, 0.05) is 34.3 Å². The Morgan fingerprint density at radius 3 is 2.30 bits per heavy atom. The molecule has 2 bridgehead atoms. The van der Waals surface area contributed by atoms with Gasteiger partial charge >= 0.3 is 5.97 Å². The average Bonchev–Trinajstić information content (AvgIpc) is 3.48. The maximum absolute atomic E-state index is 13.5. The van der Waals surface area contributed by atoms with Gasteiger partial charge in [0.05, 0.1) is 23.6 Å². The van der Waals surface area contributed by atoms with Crippen LogP contribution in [0.25, 0.3) is 0 Å². The monoisotopic (exact) mass is 583 g/mol. The topological polar surface area (TPSA) is 137 Å². The van der Waals surface area contributed by atoms with Crippen LogP contribution in [-0.2, 0) is 9.53 Å². The molecule has 40 heavy (non-hydrogen) atoms. The van der Waals surface area contributed by atoms with Crippen molar-refractivity contribution in [2.45, 2.75) is 53.9 Å². The average molecular weight is 584 g/mol. The molecule has 3 fully saturated rings. The van der Waals surface area contributed by atoms with E-state index in [1.807, 2.05) is 12.1 Å². The highest BCUT2D eigenvalue weighted by Crippen LogP contribution is 2.59. The van der Waals surface area contributed by atoms with Gasteiger partial charge < -0.3 is 25.7 Å². The maximum atomic E-state index is 13.5. The van der Waals surface area contributed by atoms with Crippen molar-refractivity contribution in [3.8, 4) is 0 Å². The van der Waals surface area contributed by atoms with Gasteiger partial charge in [0.1, 0.15) is 11.1 Å². The molecule has 9 nitrogen and oxygen atoms in total. The molecule has 1 saturated carbocycles. The third-order valence-electron chi connectivity index (χ3n) is 8.09. The molecule has 0 spiro atoms. The lowest BCUT2D eigenvalue weighted by Gasteiger charge is -2.53. The number of oxime groups is 1. The number of carbonyl (C=O) groups excluding carboxylic acids is 3. The number of hydrogen-bond donors (Lipinski definition) is 4. The third kappa shape index (κ3) is 4.88. The van der Waals surface area contributed by atoms with Crippen LogP contribution in [0.4, 0.5) is 0 Å². The first-order valence-electron chi connectivity index (χ1n) is 13.4. The minimum Gasteiger partial charge on any atom is -0.466 e. The lowest BCUT2D eigenvalue weighted by atomic mass is 9.61. The first kappa shape index (κ1) is 28.5. The number of amides is 2. The number of fused-ring (bicyclic) bond motifs is 4. The van der Waals surface area contributed by atoms with Crippen LogP contribution in [0, 0.1) is 5.92 Å². The summed E-state index contributed by atoms with van der Waals surface area (Å²) in [4.78, 5) is 38.8. The van der Waals surface area contributed by atoms with E-state index in [9.17, 15) is 24.7 Å². The van der Waals surface area contributed by atoms with Crippen molar-refractivity contribution < 1.29 is 29.4 Å². The van der Waals surface area contributed by atoms with E-state index in [0.29, 0.717) is 42.0 Å². The molecule has 2 aromatic carbocycles. The fourth-order valence-electron chi connectivity index (χ4n) is 6.26. The molecule has 0 unspecified atom stereocenters. The van der Waals surface area contributed by atoms with E-state index in [-0.39, 0.29) is 35.2 Å². The maximum Gasteiger partial charge on any atom is 0.305 e. The quantitative estimate of drug-likeness (QED) is 0.201. The van der Waals surface area contributed by atoms with E-state index in [4.69, 9.17) is 4.74 Å².